The second-order valence-electron chi connectivity index (χ2n) is 5.20. The van der Waals surface area contributed by atoms with Gasteiger partial charge < -0.3 is 10.2 Å². The van der Waals surface area contributed by atoms with Gasteiger partial charge in [-0.1, -0.05) is 12.1 Å². The van der Waals surface area contributed by atoms with Crippen LogP contribution in [0.25, 0.3) is 0 Å². The number of benzene rings is 1. The molecule has 5 heteroatoms. The summed E-state index contributed by atoms with van der Waals surface area (Å²) in [7, 11) is 3.82. The first-order chi connectivity index (χ1) is 10.7. The summed E-state index contributed by atoms with van der Waals surface area (Å²) in [6, 6.07) is 8.91. The zero-order valence-corrected chi connectivity index (χ0v) is 13.9. The molecule has 0 fully saturated rings. The molecule has 0 atom stereocenters. The predicted molar refractivity (Wildman–Crippen MR) is 91.9 cm³/mol. The summed E-state index contributed by atoms with van der Waals surface area (Å²) >= 11 is 1.70. The predicted octanol–water partition coefficient (Wildman–Crippen LogP) is 3.53. The molecule has 1 N–H and O–H groups in total. The van der Waals surface area contributed by atoms with Gasteiger partial charge in [-0.15, -0.1) is 0 Å². The summed E-state index contributed by atoms with van der Waals surface area (Å²) < 4.78 is 13.1. The van der Waals surface area contributed by atoms with Crippen LogP contribution in [0.3, 0.4) is 0 Å². The van der Waals surface area contributed by atoms with Gasteiger partial charge in [0.05, 0.1) is 0 Å². The maximum Gasteiger partial charge on any atom is 0.193 e. The molecular formula is C17H22FN3S. The van der Waals surface area contributed by atoms with Crippen molar-refractivity contribution in [3.05, 3.63) is 58.0 Å². The lowest BCUT2D eigenvalue weighted by Crippen LogP contribution is -2.38. The minimum atomic E-state index is -0.170. The number of aryl methyl sites for hydroxylation is 1. The van der Waals surface area contributed by atoms with Crippen LogP contribution < -0.4 is 5.32 Å². The van der Waals surface area contributed by atoms with Crippen LogP contribution in [0.2, 0.25) is 0 Å². The van der Waals surface area contributed by atoms with E-state index >= 15 is 0 Å². The van der Waals surface area contributed by atoms with Gasteiger partial charge in [-0.25, -0.2) is 4.39 Å². The average molecular weight is 319 g/mol. The Labute approximate surface area is 135 Å². The van der Waals surface area contributed by atoms with Crippen LogP contribution in [0.15, 0.2) is 46.1 Å². The van der Waals surface area contributed by atoms with E-state index in [-0.39, 0.29) is 5.82 Å². The largest absolute Gasteiger partial charge is 0.356 e. The van der Waals surface area contributed by atoms with E-state index in [1.165, 1.54) is 11.6 Å². The molecule has 1 aromatic heterocycles. The number of aliphatic imine (C=N–C) groups is 1. The Kier molecular flexibility index (Phi) is 6.40. The van der Waals surface area contributed by atoms with Gasteiger partial charge in [-0.2, -0.15) is 11.3 Å². The highest BCUT2D eigenvalue weighted by molar-refractivity contribution is 7.07. The quantitative estimate of drug-likeness (QED) is 0.501. The summed E-state index contributed by atoms with van der Waals surface area (Å²) in [4.78, 5) is 6.40. The summed E-state index contributed by atoms with van der Waals surface area (Å²) in [5, 5.41) is 7.58. The summed E-state index contributed by atoms with van der Waals surface area (Å²) in [6.07, 6.45) is 1.80. The van der Waals surface area contributed by atoms with E-state index < -0.39 is 0 Å². The highest BCUT2D eigenvalue weighted by Crippen LogP contribution is 2.09. The Morgan fingerprint density at radius 1 is 1.32 bits per heavy atom. The van der Waals surface area contributed by atoms with Gasteiger partial charge >= 0.3 is 0 Å². The van der Waals surface area contributed by atoms with E-state index in [4.69, 9.17) is 0 Å². The number of guanidine groups is 1. The number of rotatable bonds is 6. The minimum Gasteiger partial charge on any atom is -0.356 e. The molecular weight excluding hydrogens is 297 g/mol. The number of thiophene rings is 1. The average Bonchev–Trinajstić information content (AvgIpc) is 3.00. The van der Waals surface area contributed by atoms with Crippen LogP contribution in [0.4, 0.5) is 4.39 Å². The van der Waals surface area contributed by atoms with Gasteiger partial charge in [-0.3, -0.25) is 4.99 Å². The topological polar surface area (TPSA) is 27.6 Å². The van der Waals surface area contributed by atoms with Crippen LogP contribution in [0, 0.1) is 5.82 Å². The molecule has 2 rings (SSSR count). The Morgan fingerprint density at radius 3 is 2.86 bits per heavy atom. The molecule has 0 saturated carbocycles. The molecule has 0 aliphatic rings. The Morgan fingerprint density at radius 2 is 2.18 bits per heavy atom. The Bertz CT molecular complexity index is 596. The summed E-state index contributed by atoms with van der Waals surface area (Å²) in [5.41, 5.74) is 2.32. The zero-order chi connectivity index (χ0) is 15.8. The normalized spacial score (nSPS) is 11.5. The fourth-order valence-electron chi connectivity index (χ4n) is 2.30. The monoisotopic (exact) mass is 319 g/mol. The van der Waals surface area contributed by atoms with E-state index in [0.717, 1.165) is 37.5 Å². The molecule has 0 aliphatic carbocycles. The van der Waals surface area contributed by atoms with Crippen molar-refractivity contribution in [1.82, 2.24) is 10.2 Å². The van der Waals surface area contributed by atoms with Gasteiger partial charge in [-0.05, 0) is 52.9 Å². The fraction of sp³-hybridized carbons (Fsp3) is 0.353. The smallest absolute Gasteiger partial charge is 0.193 e. The molecule has 0 spiro atoms. The third-order valence-corrected chi connectivity index (χ3v) is 4.12. The highest BCUT2D eigenvalue weighted by Gasteiger charge is 2.06. The first-order valence-corrected chi connectivity index (χ1v) is 8.30. The Hall–Kier alpha value is -1.88. The lowest BCUT2D eigenvalue weighted by atomic mass is 10.1. The molecule has 2 aromatic rings. The van der Waals surface area contributed by atoms with Crippen molar-refractivity contribution >= 4 is 17.3 Å². The molecule has 3 nitrogen and oxygen atoms in total. The van der Waals surface area contributed by atoms with Crippen molar-refractivity contribution in [1.29, 1.82) is 0 Å². The molecule has 22 heavy (non-hydrogen) atoms. The molecule has 1 aromatic carbocycles. The van der Waals surface area contributed by atoms with Crippen LogP contribution in [-0.2, 0) is 13.0 Å². The van der Waals surface area contributed by atoms with Crippen molar-refractivity contribution in [2.45, 2.75) is 19.4 Å². The van der Waals surface area contributed by atoms with E-state index in [1.807, 2.05) is 13.1 Å². The maximum atomic E-state index is 13.1. The molecule has 0 amide bonds. The Balaban J connectivity index is 1.74. The van der Waals surface area contributed by atoms with Crippen molar-refractivity contribution in [2.24, 2.45) is 4.99 Å². The SMILES string of the molecule is CN=C(NCCCc1cccc(F)c1)N(C)Cc1ccsc1. The molecule has 0 radical (unpaired) electrons. The van der Waals surface area contributed by atoms with Crippen molar-refractivity contribution in [3.8, 4) is 0 Å². The van der Waals surface area contributed by atoms with Gasteiger partial charge in [0.15, 0.2) is 5.96 Å². The lowest BCUT2D eigenvalue weighted by molar-refractivity contribution is 0.476. The van der Waals surface area contributed by atoms with Crippen molar-refractivity contribution in [2.75, 3.05) is 20.6 Å². The van der Waals surface area contributed by atoms with Crippen LogP contribution in [-0.4, -0.2) is 31.5 Å². The van der Waals surface area contributed by atoms with Gasteiger partial charge in [0.2, 0.25) is 0 Å². The third-order valence-electron chi connectivity index (χ3n) is 3.39. The standard InChI is InChI=1S/C17H22FN3S/c1-19-17(21(2)12-15-8-10-22-13-15)20-9-4-6-14-5-3-7-16(18)11-14/h3,5,7-8,10-11,13H,4,6,9,12H2,1-2H3,(H,19,20). The molecule has 0 saturated heterocycles. The fourth-order valence-corrected chi connectivity index (χ4v) is 2.96. The highest BCUT2D eigenvalue weighted by atomic mass is 32.1. The van der Waals surface area contributed by atoms with Crippen LogP contribution >= 0.6 is 11.3 Å². The number of halogens is 1. The first-order valence-electron chi connectivity index (χ1n) is 7.36. The second-order valence-corrected chi connectivity index (χ2v) is 5.98. The molecule has 0 unspecified atom stereocenters. The lowest BCUT2D eigenvalue weighted by Gasteiger charge is -2.21. The number of hydrogen-bond donors (Lipinski definition) is 1. The van der Waals surface area contributed by atoms with Crippen molar-refractivity contribution < 1.29 is 4.39 Å². The number of hydrogen-bond acceptors (Lipinski definition) is 2. The number of nitrogens with one attached hydrogen (secondary N) is 1. The summed E-state index contributed by atoms with van der Waals surface area (Å²) in [5.74, 6) is 0.710. The molecule has 0 bridgehead atoms. The van der Waals surface area contributed by atoms with E-state index in [2.05, 4.69) is 32.0 Å². The van der Waals surface area contributed by atoms with E-state index in [9.17, 15) is 4.39 Å². The van der Waals surface area contributed by atoms with Gasteiger partial charge in [0.25, 0.3) is 0 Å². The van der Waals surface area contributed by atoms with Gasteiger partial charge in [0, 0.05) is 27.2 Å². The number of nitrogens with zero attached hydrogens (tertiary/aromatic N) is 2. The first kappa shape index (κ1) is 16.5. The van der Waals surface area contributed by atoms with Crippen LogP contribution in [0.1, 0.15) is 17.5 Å². The van der Waals surface area contributed by atoms with Crippen LogP contribution in [0.5, 0.6) is 0 Å². The third kappa shape index (κ3) is 5.15. The van der Waals surface area contributed by atoms with E-state index in [1.54, 1.807) is 30.5 Å². The second kappa shape index (κ2) is 8.54. The van der Waals surface area contributed by atoms with E-state index in [0.29, 0.717) is 0 Å². The maximum absolute atomic E-state index is 13.1. The molecule has 0 aliphatic heterocycles. The summed E-state index contributed by atoms with van der Waals surface area (Å²) in [6.45, 7) is 1.66. The molecule has 1 heterocycles. The minimum absolute atomic E-state index is 0.170. The molecule has 118 valence electrons. The van der Waals surface area contributed by atoms with Crippen molar-refractivity contribution in [3.63, 3.8) is 0 Å². The van der Waals surface area contributed by atoms with Gasteiger partial charge in [0.1, 0.15) is 5.82 Å². The zero-order valence-electron chi connectivity index (χ0n) is 13.1.